The molecule has 1 atom stereocenters. The molecular formula is C22H27Cl2N3O2. The third kappa shape index (κ3) is 5.14. The van der Waals surface area contributed by atoms with Gasteiger partial charge in [0.15, 0.2) is 0 Å². The summed E-state index contributed by atoms with van der Waals surface area (Å²) in [5.41, 5.74) is 0.975. The van der Waals surface area contributed by atoms with Gasteiger partial charge in [-0.2, -0.15) is 0 Å². The smallest absolute Gasteiger partial charge is 0.226 e. The molecular weight excluding hydrogens is 409 g/mol. The molecule has 2 aromatic rings. The van der Waals surface area contributed by atoms with E-state index in [0.29, 0.717) is 29.7 Å². The van der Waals surface area contributed by atoms with Crippen molar-refractivity contribution in [3.8, 4) is 0 Å². The van der Waals surface area contributed by atoms with Crippen LogP contribution in [-0.4, -0.2) is 39.6 Å². The van der Waals surface area contributed by atoms with Gasteiger partial charge in [-0.1, -0.05) is 42.1 Å². The molecule has 1 saturated heterocycles. The molecule has 4 rings (SSSR count). The molecule has 7 heteroatoms. The van der Waals surface area contributed by atoms with Crippen LogP contribution in [0.5, 0.6) is 0 Å². The number of amides is 1. The highest BCUT2D eigenvalue weighted by molar-refractivity contribution is 6.35. The molecule has 2 aliphatic rings. The van der Waals surface area contributed by atoms with Crippen LogP contribution in [0.15, 0.2) is 30.6 Å². The summed E-state index contributed by atoms with van der Waals surface area (Å²) in [5.74, 6) is 1.25. The second kappa shape index (κ2) is 9.50. The molecule has 156 valence electrons. The van der Waals surface area contributed by atoms with Gasteiger partial charge in [0.25, 0.3) is 0 Å². The van der Waals surface area contributed by atoms with Gasteiger partial charge in [0.05, 0.1) is 19.2 Å². The van der Waals surface area contributed by atoms with Crippen LogP contribution >= 0.6 is 23.2 Å². The van der Waals surface area contributed by atoms with Crippen molar-refractivity contribution in [2.75, 3.05) is 13.2 Å². The molecule has 1 aliphatic carbocycles. The number of hydrogen-bond acceptors (Lipinski definition) is 3. The number of imidazole rings is 1. The summed E-state index contributed by atoms with van der Waals surface area (Å²) >= 11 is 12.4. The molecule has 1 aromatic carbocycles. The Labute approximate surface area is 182 Å². The van der Waals surface area contributed by atoms with E-state index in [1.54, 1.807) is 12.3 Å². The lowest BCUT2D eigenvalue weighted by molar-refractivity contribution is -0.137. The highest BCUT2D eigenvalue weighted by Crippen LogP contribution is 2.28. The summed E-state index contributed by atoms with van der Waals surface area (Å²) in [7, 11) is 0. The van der Waals surface area contributed by atoms with E-state index >= 15 is 0 Å². The van der Waals surface area contributed by atoms with Crippen LogP contribution in [0.2, 0.25) is 10.0 Å². The SMILES string of the molecule is O=C(C1CCCC1)N(Cc1nccn1Cc1ccc(Cl)cc1Cl)C[C@H]1CCCO1. The zero-order valence-electron chi connectivity index (χ0n) is 16.5. The molecule has 0 unspecified atom stereocenters. The Kier molecular flexibility index (Phi) is 6.78. The molecule has 1 saturated carbocycles. The minimum atomic E-state index is 0.134. The summed E-state index contributed by atoms with van der Waals surface area (Å²) < 4.78 is 7.87. The zero-order chi connectivity index (χ0) is 20.2. The van der Waals surface area contributed by atoms with Crippen LogP contribution in [-0.2, 0) is 22.6 Å². The Morgan fingerprint density at radius 2 is 2.03 bits per heavy atom. The van der Waals surface area contributed by atoms with Gasteiger partial charge in [-0.15, -0.1) is 0 Å². The van der Waals surface area contributed by atoms with Crippen LogP contribution in [0.4, 0.5) is 0 Å². The van der Waals surface area contributed by atoms with Crippen molar-refractivity contribution in [2.45, 2.75) is 57.7 Å². The Morgan fingerprint density at radius 1 is 1.21 bits per heavy atom. The number of hydrogen-bond donors (Lipinski definition) is 0. The topological polar surface area (TPSA) is 47.4 Å². The van der Waals surface area contributed by atoms with Crippen molar-refractivity contribution in [1.82, 2.24) is 14.5 Å². The van der Waals surface area contributed by atoms with Crippen molar-refractivity contribution in [3.63, 3.8) is 0 Å². The lowest BCUT2D eigenvalue weighted by atomic mass is 10.1. The fourth-order valence-corrected chi connectivity index (χ4v) is 4.81. The Hall–Kier alpha value is -1.56. The van der Waals surface area contributed by atoms with Gasteiger partial charge >= 0.3 is 0 Å². The van der Waals surface area contributed by atoms with Crippen LogP contribution in [0, 0.1) is 5.92 Å². The Balaban J connectivity index is 1.51. The van der Waals surface area contributed by atoms with Gasteiger partial charge in [-0.05, 0) is 43.4 Å². The van der Waals surface area contributed by atoms with Gasteiger partial charge < -0.3 is 14.2 Å². The lowest BCUT2D eigenvalue weighted by Crippen LogP contribution is -2.40. The largest absolute Gasteiger partial charge is 0.376 e. The van der Waals surface area contributed by atoms with Crippen molar-refractivity contribution in [1.29, 1.82) is 0 Å². The summed E-state index contributed by atoms with van der Waals surface area (Å²) in [4.78, 5) is 19.7. The number of nitrogens with zero attached hydrogens (tertiary/aromatic N) is 3. The van der Waals surface area contributed by atoms with Gasteiger partial charge in [0.2, 0.25) is 5.91 Å². The van der Waals surface area contributed by atoms with E-state index in [2.05, 4.69) is 9.55 Å². The van der Waals surface area contributed by atoms with Crippen molar-refractivity contribution in [2.24, 2.45) is 5.92 Å². The van der Waals surface area contributed by atoms with Crippen molar-refractivity contribution in [3.05, 3.63) is 52.0 Å². The molecule has 0 bridgehead atoms. The maximum atomic E-state index is 13.2. The van der Waals surface area contributed by atoms with Crippen LogP contribution in [0.3, 0.4) is 0 Å². The fourth-order valence-electron chi connectivity index (χ4n) is 4.34. The van der Waals surface area contributed by atoms with E-state index < -0.39 is 0 Å². The molecule has 1 amide bonds. The minimum absolute atomic E-state index is 0.134. The number of carbonyl (C=O) groups excluding carboxylic acids is 1. The van der Waals surface area contributed by atoms with Crippen molar-refractivity contribution >= 4 is 29.1 Å². The molecule has 0 N–H and O–H groups in total. The second-order valence-corrected chi connectivity index (χ2v) is 8.89. The standard InChI is InChI=1S/C22H27Cl2N3O2/c23-18-8-7-17(20(24)12-18)13-26-10-9-25-21(26)15-27(14-19-6-3-11-29-19)22(28)16-4-1-2-5-16/h7-10,12,16,19H,1-6,11,13-15H2/t19-/m1/s1. The number of rotatable bonds is 7. The Morgan fingerprint density at radius 3 is 2.76 bits per heavy atom. The van der Waals surface area contributed by atoms with Gasteiger partial charge in [0.1, 0.15) is 5.82 Å². The van der Waals surface area contributed by atoms with E-state index in [1.807, 2.05) is 23.2 Å². The minimum Gasteiger partial charge on any atom is -0.376 e. The van der Waals surface area contributed by atoms with E-state index in [1.165, 1.54) is 0 Å². The zero-order valence-corrected chi connectivity index (χ0v) is 18.0. The average Bonchev–Trinajstić information content (AvgIpc) is 3.46. The highest BCUT2D eigenvalue weighted by Gasteiger charge is 2.30. The Bertz CT molecular complexity index is 842. The average molecular weight is 436 g/mol. The number of aromatic nitrogens is 2. The summed E-state index contributed by atoms with van der Waals surface area (Å²) in [6.07, 6.45) is 10.2. The summed E-state index contributed by atoms with van der Waals surface area (Å²) in [6, 6.07) is 5.53. The first-order chi connectivity index (χ1) is 14.1. The number of carbonyl (C=O) groups is 1. The molecule has 29 heavy (non-hydrogen) atoms. The molecule has 2 heterocycles. The van der Waals surface area contributed by atoms with E-state index in [4.69, 9.17) is 27.9 Å². The normalized spacial score (nSPS) is 19.7. The first-order valence-electron chi connectivity index (χ1n) is 10.4. The first kappa shape index (κ1) is 20.7. The third-order valence-corrected chi connectivity index (χ3v) is 6.54. The molecule has 0 spiro atoms. The number of ether oxygens (including phenoxy) is 1. The maximum absolute atomic E-state index is 13.2. The molecule has 0 radical (unpaired) electrons. The van der Waals surface area contributed by atoms with E-state index in [0.717, 1.165) is 56.5 Å². The van der Waals surface area contributed by atoms with Crippen molar-refractivity contribution < 1.29 is 9.53 Å². The second-order valence-electron chi connectivity index (χ2n) is 8.04. The maximum Gasteiger partial charge on any atom is 0.226 e. The highest BCUT2D eigenvalue weighted by atomic mass is 35.5. The quantitative estimate of drug-likeness (QED) is 0.618. The molecule has 5 nitrogen and oxygen atoms in total. The van der Waals surface area contributed by atoms with Crippen LogP contribution in [0.25, 0.3) is 0 Å². The fraction of sp³-hybridized carbons (Fsp3) is 0.545. The number of halogens is 2. The predicted molar refractivity (Wildman–Crippen MR) is 114 cm³/mol. The lowest BCUT2D eigenvalue weighted by Gasteiger charge is -2.28. The van der Waals surface area contributed by atoms with E-state index in [9.17, 15) is 4.79 Å². The van der Waals surface area contributed by atoms with Crippen LogP contribution < -0.4 is 0 Å². The van der Waals surface area contributed by atoms with Gasteiger partial charge in [0, 0.05) is 41.5 Å². The third-order valence-electron chi connectivity index (χ3n) is 5.95. The van der Waals surface area contributed by atoms with Gasteiger partial charge in [-0.3, -0.25) is 4.79 Å². The van der Waals surface area contributed by atoms with Crippen LogP contribution in [0.1, 0.15) is 49.9 Å². The molecule has 2 fully saturated rings. The first-order valence-corrected chi connectivity index (χ1v) is 11.2. The summed E-state index contributed by atoms with van der Waals surface area (Å²) in [5, 5.41) is 1.25. The monoisotopic (exact) mass is 435 g/mol. The predicted octanol–water partition coefficient (Wildman–Crippen LogP) is 4.94. The van der Waals surface area contributed by atoms with E-state index in [-0.39, 0.29) is 17.9 Å². The molecule has 1 aliphatic heterocycles. The van der Waals surface area contributed by atoms with Gasteiger partial charge in [-0.25, -0.2) is 4.98 Å². The summed E-state index contributed by atoms with van der Waals surface area (Å²) in [6.45, 7) is 2.52. The molecule has 1 aromatic heterocycles. The number of benzene rings is 1.